The van der Waals surface area contributed by atoms with Gasteiger partial charge in [-0.05, 0) is 28.8 Å². The summed E-state index contributed by atoms with van der Waals surface area (Å²) in [4.78, 5) is 13.5. The van der Waals surface area contributed by atoms with Crippen LogP contribution in [0.2, 0.25) is 5.02 Å². The van der Waals surface area contributed by atoms with E-state index in [1.54, 1.807) is 0 Å². The van der Waals surface area contributed by atoms with Gasteiger partial charge in [0.25, 0.3) is 0 Å². The summed E-state index contributed by atoms with van der Waals surface area (Å²) in [5.41, 5.74) is 3.49. The number of aldehydes is 1. The van der Waals surface area contributed by atoms with E-state index in [2.05, 4.69) is 11.0 Å². The summed E-state index contributed by atoms with van der Waals surface area (Å²) in [6.45, 7) is 1.55. The van der Waals surface area contributed by atoms with Crippen LogP contribution in [0.25, 0.3) is 0 Å². The molecule has 0 bridgehead atoms. The molecule has 0 N–H and O–H groups in total. The monoisotopic (exact) mass is 271 g/mol. The Bertz CT molecular complexity index is 611. The van der Waals surface area contributed by atoms with E-state index < -0.39 is 0 Å². The molecule has 3 rings (SSSR count). The average molecular weight is 272 g/mol. The topological polar surface area (TPSA) is 20.3 Å². The zero-order valence-corrected chi connectivity index (χ0v) is 11.2. The quantitative estimate of drug-likeness (QED) is 0.795. The van der Waals surface area contributed by atoms with Crippen molar-refractivity contribution in [2.75, 3.05) is 0 Å². The molecule has 96 valence electrons. The van der Waals surface area contributed by atoms with Crippen molar-refractivity contribution in [1.29, 1.82) is 0 Å². The fourth-order valence-electron chi connectivity index (χ4n) is 2.66. The third kappa shape index (κ3) is 2.42. The normalized spacial score (nSPS) is 18.3. The van der Waals surface area contributed by atoms with Crippen LogP contribution in [-0.4, -0.2) is 11.2 Å². The van der Waals surface area contributed by atoms with Crippen LogP contribution in [0.15, 0.2) is 48.5 Å². The zero-order chi connectivity index (χ0) is 13.2. The first kappa shape index (κ1) is 12.4. The lowest BCUT2D eigenvalue weighted by atomic mass is 10.1. The molecule has 2 nitrogen and oxygen atoms in total. The van der Waals surface area contributed by atoms with Crippen LogP contribution < -0.4 is 0 Å². The van der Waals surface area contributed by atoms with Crippen LogP contribution in [0.4, 0.5) is 0 Å². The van der Waals surface area contributed by atoms with Crippen molar-refractivity contribution in [3.8, 4) is 0 Å². The average Bonchev–Trinajstić information content (AvgIpc) is 2.75. The molecule has 0 aliphatic carbocycles. The van der Waals surface area contributed by atoms with Crippen molar-refractivity contribution in [3.63, 3.8) is 0 Å². The van der Waals surface area contributed by atoms with Crippen molar-refractivity contribution in [3.05, 3.63) is 70.2 Å². The van der Waals surface area contributed by atoms with Gasteiger partial charge in [-0.3, -0.25) is 4.90 Å². The second-order valence-electron chi connectivity index (χ2n) is 4.81. The highest BCUT2D eigenvalue weighted by Gasteiger charge is 2.29. The Hall–Kier alpha value is -1.64. The lowest BCUT2D eigenvalue weighted by Gasteiger charge is -2.20. The Balaban J connectivity index is 1.85. The molecule has 0 spiro atoms. The number of nitrogens with zero attached hydrogens (tertiary/aromatic N) is 1. The zero-order valence-electron chi connectivity index (χ0n) is 10.4. The smallest absolute Gasteiger partial charge is 0.141 e. The summed E-state index contributed by atoms with van der Waals surface area (Å²) in [5.74, 6) is 0. The number of fused-ring (bicyclic) bond motifs is 1. The molecule has 0 saturated carbocycles. The lowest BCUT2D eigenvalue weighted by Crippen LogP contribution is -2.22. The van der Waals surface area contributed by atoms with E-state index in [1.165, 1.54) is 5.56 Å². The minimum atomic E-state index is -0.143. The SMILES string of the molecule is O=CC1c2ccccc2CN1Cc1cccc(Cl)c1. The predicted molar refractivity (Wildman–Crippen MR) is 75.9 cm³/mol. The molecule has 0 aromatic heterocycles. The molecule has 0 fully saturated rings. The van der Waals surface area contributed by atoms with Crippen molar-refractivity contribution >= 4 is 17.9 Å². The summed E-state index contributed by atoms with van der Waals surface area (Å²) >= 11 is 6.00. The maximum atomic E-state index is 11.4. The van der Waals surface area contributed by atoms with Gasteiger partial charge in [0.2, 0.25) is 0 Å². The molecule has 0 saturated heterocycles. The van der Waals surface area contributed by atoms with E-state index in [9.17, 15) is 4.79 Å². The van der Waals surface area contributed by atoms with Crippen LogP contribution >= 0.6 is 11.6 Å². The van der Waals surface area contributed by atoms with E-state index in [1.807, 2.05) is 42.5 Å². The van der Waals surface area contributed by atoms with Crippen molar-refractivity contribution in [2.45, 2.75) is 19.1 Å². The summed E-state index contributed by atoms with van der Waals surface area (Å²) in [7, 11) is 0. The minimum Gasteiger partial charge on any atom is -0.301 e. The van der Waals surface area contributed by atoms with Gasteiger partial charge in [0.15, 0.2) is 0 Å². The Morgan fingerprint density at radius 1 is 1.21 bits per heavy atom. The molecule has 1 atom stereocenters. The Morgan fingerprint density at radius 3 is 2.84 bits per heavy atom. The van der Waals surface area contributed by atoms with Gasteiger partial charge in [-0.1, -0.05) is 48.0 Å². The van der Waals surface area contributed by atoms with Crippen molar-refractivity contribution in [2.24, 2.45) is 0 Å². The second kappa shape index (κ2) is 5.16. The molecular formula is C16H14ClNO. The second-order valence-corrected chi connectivity index (χ2v) is 5.25. The number of carbonyl (C=O) groups is 1. The first-order valence-electron chi connectivity index (χ1n) is 6.29. The molecule has 2 aromatic rings. The highest BCUT2D eigenvalue weighted by Crippen LogP contribution is 2.33. The molecule has 0 amide bonds. The molecule has 3 heteroatoms. The Labute approximate surface area is 117 Å². The molecule has 1 unspecified atom stereocenters. The van der Waals surface area contributed by atoms with Gasteiger partial charge in [0.1, 0.15) is 6.29 Å². The van der Waals surface area contributed by atoms with Gasteiger partial charge < -0.3 is 4.79 Å². The molecule has 1 aliphatic heterocycles. The maximum absolute atomic E-state index is 11.4. The molecular weight excluding hydrogens is 258 g/mol. The largest absolute Gasteiger partial charge is 0.301 e. The molecule has 1 heterocycles. The maximum Gasteiger partial charge on any atom is 0.141 e. The van der Waals surface area contributed by atoms with Gasteiger partial charge >= 0.3 is 0 Å². The van der Waals surface area contributed by atoms with Crippen LogP contribution in [0.3, 0.4) is 0 Å². The van der Waals surface area contributed by atoms with Gasteiger partial charge in [-0.2, -0.15) is 0 Å². The predicted octanol–water partition coefficient (Wildman–Crippen LogP) is 3.60. The lowest BCUT2D eigenvalue weighted by molar-refractivity contribution is -0.112. The minimum absolute atomic E-state index is 0.143. The number of benzene rings is 2. The van der Waals surface area contributed by atoms with E-state index in [-0.39, 0.29) is 6.04 Å². The van der Waals surface area contributed by atoms with Gasteiger partial charge in [-0.15, -0.1) is 0 Å². The number of carbonyl (C=O) groups excluding carboxylic acids is 1. The van der Waals surface area contributed by atoms with Crippen molar-refractivity contribution < 1.29 is 4.79 Å². The van der Waals surface area contributed by atoms with Crippen LogP contribution in [-0.2, 0) is 17.9 Å². The van der Waals surface area contributed by atoms with Gasteiger partial charge in [0, 0.05) is 18.1 Å². The number of hydrogen-bond donors (Lipinski definition) is 0. The third-order valence-electron chi connectivity index (χ3n) is 3.54. The molecule has 2 aromatic carbocycles. The highest BCUT2D eigenvalue weighted by atomic mass is 35.5. The van der Waals surface area contributed by atoms with E-state index in [4.69, 9.17) is 11.6 Å². The van der Waals surface area contributed by atoms with Crippen LogP contribution in [0.5, 0.6) is 0 Å². The van der Waals surface area contributed by atoms with Crippen LogP contribution in [0.1, 0.15) is 22.7 Å². The number of halogens is 1. The number of hydrogen-bond acceptors (Lipinski definition) is 2. The number of rotatable bonds is 3. The first-order chi connectivity index (χ1) is 9.28. The van der Waals surface area contributed by atoms with Gasteiger partial charge in [-0.25, -0.2) is 0 Å². The van der Waals surface area contributed by atoms with Gasteiger partial charge in [0.05, 0.1) is 6.04 Å². The van der Waals surface area contributed by atoms with E-state index in [0.29, 0.717) is 0 Å². The fourth-order valence-corrected chi connectivity index (χ4v) is 2.88. The Morgan fingerprint density at radius 2 is 2.05 bits per heavy atom. The summed E-state index contributed by atoms with van der Waals surface area (Å²) < 4.78 is 0. The summed E-state index contributed by atoms with van der Waals surface area (Å²) in [6, 6.07) is 15.8. The Kier molecular flexibility index (Phi) is 3.36. The van der Waals surface area contributed by atoms with E-state index >= 15 is 0 Å². The fraction of sp³-hybridized carbons (Fsp3) is 0.188. The third-order valence-corrected chi connectivity index (χ3v) is 3.78. The molecule has 1 aliphatic rings. The van der Waals surface area contributed by atoms with E-state index in [0.717, 1.165) is 35.5 Å². The summed E-state index contributed by atoms with van der Waals surface area (Å²) in [5, 5.41) is 0.733. The summed E-state index contributed by atoms with van der Waals surface area (Å²) in [6.07, 6.45) is 1.02. The molecule has 0 radical (unpaired) electrons. The first-order valence-corrected chi connectivity index (χ1v) is 6.67. The van der Waals surface area contributed by atoms with Crippen LogP contribution in [0, 0.1) is 0 Å². The molecule has 19 heavy (non-hydrogen) atoms. The standard InChI is InChI=1S/C16H14ClNO/c17-14-6-3-4-12(8-14)9-18-10-13-5-1-2-7-15(13)16(18)11-19/h1-8,11,16H,9-10H2. The highest BCUT2D eigenvalue weighted by molar-refractivity contribution is 6.30. The van der Waals surface area contributed by atoms with Crippen molar-refractivity contribution in [1.82, 2.24) is 4.90 Å².